The number of ether oxygens (including phenoxy) is 1. The van der Waals surface area contributed by atoms with Crippen LogP contribution in [0, 0.1) is 11.3 Å². The van der Waals surface area contributed by atoms with E-state index in [-0.39, 0.29) is 11.8 Å². The largest absolute Gasteiger partial charge is 0.495 e. The minimum absolute atomic E-state index is 0.0384. The summed E-state index contributed by atoms with van der Waals surface area (Å²) >= 11 is 0. The van der Waals surface area contributed by atoms with Crippen LogP contribution in [0.3, 0.4) is 0 Å². The minimum Gasteiger partial charge on any atom is -0.495 e. The summed E-state index contributed by atoms with van der Waals surface area (Å²) in [6.45, 7) is 3.76. The van der Waals surface area contributed by atoms with Crippen LogP contribution in [0.5, 0.6) is 0 Å². The van der Waals surface area contributed by atoms with Gasteiger partial charge in [-0.15, -0.1) is 0 Å². The van der Waals surface area contributed by atoms with E-state index in [9.17, 15) is 4.79 Å². The lowest BCUT2D eigenvalue weighted by atomic mass is 10.0. The first-order chi connectivity index (χ1) is 6.08. The molecule has 13 heavy (non-hydrogen) atoms. The molecule has 0 radical (unpaired) electrons. The van der Waals surface area contributed by atoms with Gasteiger partial charge in [-0.2, -0.15) is 0 Å². The average molecular weight is 184 g/mol. The van der Waals surface area contributed by atoms with Crippen molar-refractivity contribution in [2.75, 3.05) is 14.2 Å². The highest BCUT2D eigenvalue weighted by molar-refractivity contribution is 5.98. The number of allylic oxidation sites excluding steroid dienone is 1. The summed E-state index contributed by atoms with van der Waals surface area (Å²) in [7, 11) is 3.01. The van der Waals surface area contributed by atoms with Crippen molar-refractivity contribution in [1.82, 2.24) is 5.32 Å². The predicted octanol–water partition coefficient (Wildman–Crippen LogP) is 0.938. The Bertz CT molecular complexity index is 232. The van der Waals surface area contributed by atoms with Crippen LogP contribution < -0.4 is 5.32 Å². The first kappa shape index (κ1) is 11.7. The van der Waals surface area contributed by atoms with Crippen LogP contribution in [-0.2, 0) is 9.53 Å². The van der Waals surface area contributed by atoms with Crippen LogP contribution in [-0.4, -0.2) is 26.3 Å². The topological polar surface area (TPSA) is 62.2 Å². The van der Waals surface area contributed by atoms with Crippen LogP contribution >= 0.6 is 0 Å². The third-order valence-corrected chi connectivity index (χ3v) is 1.67. The maximum atomic E-state index is 11.4. The number of hydrogen-bond donors (Lipinski definition) is 2. The fourth-order valence-electron chi connectivity index (χ4n) is 1.04. The molecule has 0 aromatic heterocycles. The van der Waals surface area contributed by atoms with Gasteiger partial charge in [0, 0.05) is 7.05 Å². The number of methoxy groups -OCH3 is 1. The van der Waals surface area contributed by atoms with E-state index >= 15 is 0 Å². The van der Waals surface area contributed by atoms with Crippen molar-refractivity contribution in [3.63, 3.8) is 0 Å². The molecule has 0 saturated heterocycles. The molecule has 0 rings (SSSR count). The van der Waals surface area contributed by atoms with E-state index in [1.54, 1.807) is 7.05 Å². The molecule has 2 N–H and O–H groups in total. The lowest BCUT2D eigenvalue weighted by Gasteiger charge is -2.12. The van der Waals surface area contributed by atoms with E-state index in [4.69, 9.17) is 10.1 Å². The molecule has 0 aromatic carbocycles. The fourth-order valence-corrected chi connectivity index (χ4v) is 1.04. The van der Waals surface area contributed by atoms with E-state index in [0.29, 0.717) is 11.3 Å². The number of nitrogens with one attached hydrogen (secondary N) is 2. The number of carbonyl (C=O) groups excluding carboxylic acids is 1. The Morgan fingerprint density at radius 2 is 2.08 bits per heavy atom. The summed E-state index contributed by atoms with van der Waals surface area (Å²) < 4.78 is 4.92. The normalized spacial score (nSPS) is 12.1. The zero-order chi connectivity index (χ0) is 10.4. The monoisotopic (exact) mass is 184 g/mol. The first-order valence-corrected chi connectivity index (χ1v) is 4.09. The molecule has 0 fully saturated rings. The van der Waals surface area contributed by atoms with Gasteiger partial charge in [-0.05, 0) is 5.92 Å². The summed E-state index contributed by atoms with van der Waals surface area (Å²) in [6.07, 6.45) is 1.05. The summed E-state index contributed by atoms with van der Waals surface area (Å²) in [5, 5.41) is 9.58. The van der Waals surface area contributed by atoms with Crippen molar-refractivity contribution >= 4 is 12.1 Å². The Balaban J connectivity index is 5.08. The van der Waals surface area contributed by atoms with E-state index in [2.05, 4.69) is 5.32 Å². The van der Waals surface area contributed by atoms with Crippen molar-refractivity contribution in [2.45, 2.75) is 13.8 Å². The van der Waals surface area contributed by atoms with E-state index in [0.717, 1.165) is 6.21 Å². The van der Waals surface area contributed by atoms with Crippen molar-refractivity contribution in [2.24, 2.45) is 5.92 Å². The molecular weight excluding hydrogens is 168 g/mol. The smallest absolute Gasteiger partial charge is 0.251 e. The van der Waals surface area contributed by atoms with E-state index in [1.807, 2.05) is 13.8 Å². The van der Waals surface area contributed by atoms with E-state index < -0.39 is 0 Å². The van der Waals surface area contributed by atoms with Gasteiger partial charge >= 0.3 is 0 Å². The Morgan fingerprint density at radius 1 is 1.54 bits per heavy atom. The van der Waals surface area contributed by atoms with Gasteiger partial charge in [0.25, 0.3) is 5.91 Å². The Labute approximate surface area is 78.5 Å². The van der Waals surface area contributed by atoms with Gasteiger partial charge < -0.3 is 15.5 Å². The lowest BCUT2D eigenvalue weighted by Crippen LogP contribution is -2.25. The minimum atomic E-state index is -0.199. The fraction of sp³-hybridized carbons (Fsp3) is 0.556. The summed E-state index contributed by atoms with van der Waals surface area (Å²) in [5.41, 5.74) is 0.500. The third-order valence-electron chi connectivity index (χ3n) is 1.67. The molecule has 0 unspecified atom stereocenters. The zero-order valence-electron chi connectivity index (χ0n) is 8.47. The molecule has 4 nitrogen and oxygen atoms in total. The van der Waals surface area contributed by atoms with Crippen molar-refractivity contribution in [3.05, 3.63) is 11.3 Å². The summed E-state index contributed by atoms with van der Waals surface area (Å²) in [5.74, 6) is 0.154. The molecule has 1 amide bonds. The Hall–Kier alpha value is -1.32. The highest BCUT2D eigenvalue weighted by Gasteiger charge is 2.17. The Morgan fingerprint density at radius 3 is 2.31 bits per heavy atom. The Kier molecular flexibility index (Phi) is 4.80. The predicted molar refractivity (Wildman–Crippen MR) is 51.7 cm³/mol. The van der Waals surface area contributed by atoms with Gasteiger partial charge in [-0.25, -0.2) is 0 Å². The number of rotatable bonds is 4. The first-order valence-electron chi connectivity index (χ1n) is 4.09. The third kappa shape index (κ3) is 2.89. The molecule has 0 bridgehead atoms. The number of hydrogen-bond acceptors (Lipinski definition) is 3. The number of amides is 1. The van der Waals surface area contributed by atoms with Crippen LogP contribution in [0.2, 0.25) is 0 Å². The number of carbonyl (C=O) groups is 1. The zero-order valence-corrected chi connectivity index (χ0v) is 8.47. The van der Waals surface area contributed by atoms with Gasteiger partial charge in [0.2, 0.25) is 0 Å². The van der Waals surface area contributed by atoms with Gasteiger partial charge in [0.1, 0.15) is 5.76 Å². The molecule has 4 heteroatoms. The van der Waals surface area contributed by atoms with Crippen LogP contribution in [0.1, 0.15) is 13.8 Å². The summed E-state index contributed by atoms with van der Waals surface area (Å²) in [6, 6.07) is 0. The average Bonchev–Trinajstić information content (AvgIpc) is 2.12. The van der Waals surface area contributed by atoms with Crippen molar-refractivity contribution in [3.8, 4) is 0 Å². The molecule has 0 saturated carbocycles. The molecule has 0 atom stereocenters. The molecule has 74 valence electrons. The van der Waals surface area contributed by atoms with Crippen molar-refractivity contribution in [1.29, 1.82) is 5.41 Å². The van der Waals surface area contributed by atoms with E-state index in [1.165, 1.54) is 7.11 Å². The SMILES string of the molecule is CNC(=O)/C(=C(\C=N)OC)C(C)C. The molecule has 0 aromatic rings. The van der Waals surface area contributed by atoms with Crippen LogP contribution in [0.15, 0.2) is 11.3 Å². The van der Waals surface area contributed by atoms with Crippen LogP contribution in [0.25, 0.3) is 0 Å². The van der Waals surface area contributed by atoms with Crippen LogP contribution in [0.4, 0.5) is 0 Å². The van der Waals surface area contributed by atoms with Gasteiger partial charge in [-0.1, -0.05) is 13.8 Å². The standard InChI is InChI=1S/C9H16N2O2/c1-6(2)8(9(12)11-3)7(5-10)13-4/h5-6,10H,1-4H3,(H,11,12)/b8-7+,10-5?. The molecule has 0 spiro atoms. The molecule has 0 aliphatic carbocycles. The summed E-state index contributed by atoms with van der Waals surface area (Å²) in [4.78, 5) is 11.4. The second-order valence-electron chi connectivity index (χ2n) is 2.86. The molecule has 0 aliphatic heterocycles. The highest BCUT2D eigenvalue weighted by atomic mass is 16.5. The second-order valence-corrected chi connectivity index (χ2v) is 2.86. The molecular formula is C9H16N2O2. The van der Waals surface area contributed by atoms with Gasteiger partial charge in [-0.3, -0.25) is 4.79 Å². The van der Waals surface area contributed by atoms with Crippen molar-refractivity contribution < 1.29 is 9.53 Å². The number of likely N-dealkylation sites (N-methyl/N-ethyl adjacent to an activating group) is 1. The van der Waals surface area contributed by atoms with Gasteiger partial charge in [0.15, 0.2) is 0 Å². The van der Waals surface area contributed by atoms with Gasteiger partial charge in [0.05, 0.1) is 18.9 Å². The molecule has 0 aliphatic rings. The maximum Gasteiger partial charge on any atom is 0.251 e. The molecule has 0 heterocycles. The second kappa shape index (κ2) is 5.35. The lowest BCUT2D eigenvalue weighted by molar-refractivity contribution is -0.117. The quantitative estimate of drug-likeness (QED) is 0.388. The maximum absolute atomic E-state index is 11.4. The highest BCUT2D eigenvalue weighted by Crippen LogP contribution is 2.14.